The van der Waals surface area contributed by atoms with Gasteiger partial charge in [-0.2, -0.15) is 0 Å². The Morgan fingerprint density at radius 3 is 0.894 bits per heavy atom. The van der Waals surface area contributed by atoms with Gasteiger partial charge in [0.1, 0.15) is 13.2 Å². The molecule has 6 heteroatoms. The van der Waals surface area contributed by atoms with Crippen molar-refractivity contribution in [3.8, 4) is 0 Å². The van der Waals surface area contributed by atoms with Gasteiger partial charge < -0.3 is 14.2 Å². The molecule has 0 saturated carbocycles. The second kappa shape index (κ2) is 54.2. The predicted molar refractivity (Wildman–Crippen MR) is 284 cm³/mol. The standard InChI is InChI=1S/C60H102O6/c1-4-7-10-13-16-19-22-25-27-29-30-32-34-36-39-41-44-47-50-53-59(62)65-56-57(66-60(63)54-51-48-45-42-37-24-21-18-15-12-9-6-3)55-64-58(61)52-49-46-43-40-38-35-33-31-28-26-23-20-17-14-11-8-5-2/h16-17,19-20,25-28,30,32-33,35-36,39,57H,4-15,18,21-24,29,31,34,37-38,40-56H2,1-3H3/b19-16-,20-17-,27-25-,28-26-,32-30-,35-33-,39-36-/t57-/m0/s1. The van der Waals surface area contributed by atoms with Gasteiger partial charge in [-0.3, -0.25) is 14.4 Å². The van der Waals surface area contributed by atoms with Crippen molar-refractivity contribution in [2.75, 3.05) is 13.2 Å². The molecule has 0 N–H and O–H groups in total. The van der Waals surface area contributed by atoms with E-state index in [1.165, 1.54) is 109 Å². The molecule has 0 bridgehead atoms. The van der Waals surface area contributed by atoms with Crippen molar-refractivity contribution < 1.29 is 28.6 Å². The number of unbranched alkanes of at least 4 members (excludes halogenated alkanes) is 24. The average Bonchev–Trinajstić information content (AvgIpc) is 3.31. The Kier molecular flexibility index (Phi) is 51.4. The van der Waals surface area contributed by atoms with Crippen LogP contribution in [0.1, 0.15) is 258 Å². The van der Waals surface area contributed by atoms with Crippen LogP contribution in [0.4, 0.5) is 0 Å². The van der Waals surface area contributed by atoms with E-state index in [-0.39, 0.29) is 31.1 Å². The van der Waals surface area contributed by atoms with Crippen LogP contribution in [0.3, 0.4) is 0 Å². The normalized spacial score (nSPS) is 12.7. The third kappa shape index (κ3) is 51.6. The fourth-order valence-corrected chi connectivity index (χ4v) is 7.43. The van der Waals surface area contributed by atoms with Crippen molar-refractivity contribution >= 4 is 17.9 Å². The van der Waals surface area contributed by atoms with Crippen LogP contribution in [-0.4, -0.2) is 37.2 Å². The van der Waals surface area contributed by atoms with Gasteiger partial charge in [0, 0.05) is 19.3 Å². The summed E-state index contributed by atoms with van der Waals surface area (Å²) >= 11 is 0. The Balaban J connectivity index is 4.45. The van der Waals surface area contributed by atoms with Crippen LogP contribution in [0.25, 0.3) is 0 Å². The highest BCUT2D eigenvalue weighted by Crippen LogP contribution is 2.14. The zero-order valence-electron chi connectivity index (χ0n) is 43.2. The molecule has 0 aliphatic rings. The van der Waals surface area contributed by atoms with E-state index >= 15 is 0 Å². The maximum atomic E-state index is 12.8. The average molecular weight is 919 g/mol. The quantitative estimate of drug-likeness (QED) is 0.0262. The van der Waals surface area contributed by atoms with Gasteiger partial charge in [0.25, 0.3) is 0 Å². The Bertz CT molecular complexity index is 1290. The Hall–Kier alpha value is -3.41. The van der Waals surface area contributed by atoms with Crippen molar-refractivity contribution in [1.29, 1.82) is 0 Å². The Morgan fingerprint density at radius 2 is 0.545 bits per heavy atom. The second-order valence-corrected chi connectivity index (χ2v) is 18.1. The minimum Gasteiger partial charge on any atom is -0.462 e. The second-order valence-electron chi connectivity index (χ2n) is 18.1. The van der Waals surface area contributed by atoms with Gasteiger partial charge in [-0.15, -0.1) is 0 Å². The summed E-state index contributed by atoms with van der Waals surface area (Å²) in [4.78, 5) is 38.1. The molecular weight excluding hydrogens is 817 g/mol. The van der Waals surface area contributed by atoms with Crippen LogP contribution >= 0.6 is 0 Å². The number of carbonyl (C=O) groups is 3. The smallest absolute Gasteiger partial charge is 0.306 e. The van der Waals surface area contributed by atoms with E-state index in [2.05, 4.69) is 106 Å². The van der Waals surface area contributed by atoms with E-state index in [0.29, 0.717) is 19.3 Å². The lowest BCUT2D eigenvalue weighted by Gasteiger charge is -2.18. The lowest BCUT2D eigenvalue weighted by atomic mass is 10.0. The summed E-state index contributed by atoms with van der Waals surface area (Å²) in [5.74, 6) is -0.945. The van der Waals surface area contributed by atoms with Crippen LogP contribution in [0.5, 0.6) is 0 Å². The van der Waals surface area contributed by atoms with Crippen LogP contribution in [0.15, 0.2) is 85.1 Å². The first-order valence-corrected chi connectivity index (χ1v) is 27.6. The highest BCUT2D eigenvalue weighted by molar-refractivity contribution is 5.71. The van der Waals surface area contributed by atoms with Crippen molar-refractivity contribution in [3.63, 3.8) is 0 Å². The SMILES string of the molecule is CCCCC/C=C\C/C=C\C/C=C\C/C=C\CCCCCC(=O)OC[C@H](COC(=O)CCCCCC/C=C\C/C=C\C/C=C\CCCCC)OC(=O)CCCCCCCCCCCCCC. The largest absolute Gasteiger partial charge is 0.462 e. The Labute approximate surface area is 407 Å². The molecular formula is C60H102O6. The van der Waals surface area contributed by atoms with Gasteiger partial charge in [-0.05, 0) is 103 Å². The maximum Gasteiger partial charge on any atom is 0.306 e. The monoisotopic (exact) mass is 919 g/mol. The molecule has 0 aromatic heterocycles. The van der Waals surface area contributed by atoms with Gasteiger partial charge >= 0.3 is 17.9 Å². The van der Waals surface area contributed by atoms with Gasteiger partial charge in [-0.1, -0.05) is 221 Å². The zero-order chi connectivity index (χ0) is 47.9. The zero-order valence-corrected chi connectivity index (χ0v) is 43.2. The third-order valence-corrected chi connectivity index (χ3v) is 11.6. The predicted octanol–water partition coefficient (Wildman–Crippen LogP) is 18.4. The van der Waals surface area contributed by atoms with Gasteiger partial charge in [0.2, 0.25) is 0 Å². The third-order valence-electron chi connectivity index (χ3n) is 11.6. The summed E-state index contributed by atoms with van der Waals surface area (Å²) in [5.41, 5.74) is 0. The summed E-state index contributed by atoms with van der Waals surface area (Å²) in [7, 11) is 0. The lowest BCUT2D eigenvalue weighted by Crippen LogP contribution is -2.30. The molecule has 0 aliphatic carbocycles. The molecule has 378 valence electrons. The number of allylic oxidation sites excluding steroid dienone is 14. The van der Waals surface area contributed by atoms with Gasteiger partial charge in [-0.25, -0.2) is 0 Å². The molecule has 0 heterocycles. The number of rotatable bonds is 49. The molecule has 0 aliphatic heterocycles. The number of esters is 3. The number of hydrogen-bond acceptors (Lipinski definition) is 6. The fourth-order valence-electron chi connectivity index (χ4n) is 7.43. The summed E-state index contributed by atoms with van der Waals surface area (Å²) in [6, 6.07) is 0. The van der Waals surface area contributed by atoms with Crippen molar-refractivity contribution in [3.05, 3.63) is 85.1 Å². The molecule has 0 aromatic carbocycles. The topological polar surface area (TPSA) is 78.9 Å². The summed E-state index contributed by atoms with van der Waals surface area (Å²) in [5, 5.41) is 0. The molecule has 0 unspecified atom stereocenters. The molecule has 0 radical (unpaired) electrons. The lowest BCUT2D eigenvalue weighted by molar-refractivity contribution is -0.167. The van der Waals surface area contributed by atoms with E-state index in [9.17, 15) is 14.4 Å². The van der Waals surface area contributed by atoms with E-state index in [1.54, 1.807) is 0 Å². The fraction of sp³-hybridized carbons (Fsp3) is 0.717. The first kappa shape index (κ1) is 62.6. The summed E-state index contributed by atoms with van der Waals surface area (Å²) in [6.45, 7) is 6.54. The van der Waals surface area contributed by atoms with Gasteiger partial charge in [0.05, 0.1) is 0 Å². The molecule has 0 aromatic rings. The molecule has 0 saturated heterocycles. The molecule has 0 rings (SSSR count). The first-order chi connectivity index (χ1) is 32.5. The molecule has 66 heavy (non-hydrogen) atoms. The van der Waals surface area contributed by atoms with E-state index in [1.807, 2.05) is 0 Å². The van der Waals surface area contributed by atoms with Crippen molar-refractivity contribution in [2.45, 2.75) is 264 Å². The number of hydrogen-bond donors (Lipinski definition) is 0. The van der Waals surface area contributed by atoms with Crippen LogP contribution in [0, 0.1) is 0 Å². The van der Waals surface area contributed by atoms with E-state index < -0.39 is 6.10 Å². The first-order valence-electron chi connectivity index (χ1n) is 27.6. The van der Waals surface area contributed by atoms with Crippen LogP contribution in [-0.2, 0) is 28.6 Å². The van der Waals surface area contributed by atoms with E-state index in [0.717, 1.165) is 109 Å². The molecule has 0 fully saturated rings. The molecule has 0 amide bonds. The van der Waals surface area contributed by atoms with Crippen LogP contribution < -0.4 is 0 Å². The van der Waals surface area contributed by atoms with Crippen molar-refractivity contribution in [2.24, 2.45) is 0 Å². The van der Waals surface area contributed by atoms with Crippen molar-refractivity contribution in [1.82, 2.24) is 0 Å². The maximum absolute atomic E-state index is 12.8. The number of carbonyl (C=O) groups excluding carboxylic acids is 3. The molecule has 1 atom stereocenters. The molecule has 0 spiro atoms. The highest BCUT2D eigenvalue weighted by Gasteiger charge is 2.19. The molecule has 6 nitrogen and oxygen atoms in total. The van der Waals surface area contributed by atoms with Crippen LogP contribution in [0.2, 0.25) is 0 Å². The van der Waals surface area contributed by atoms with Gasteiger partial charge in [0.15, 0.2) is 6.10 Å². The minimum atomic E-state index is -0.797. The van der Waals surface area contributed by atoms with E-state index in [4.69, 9.17) is 14.2 Å². The Morgan fingerprint density at radius 1 is 0.303 bits per heavy atom. The highest BCUT2D eigenvalue weighted by atomic mass is 16.6. The summed E-state index contributed by atoms with van der Waals surface area (Å²) in [6.07, 6.45) is 69.9. The minimum absolute atomic E-state index is 0.0974. The number of ether oxygens (including phenoxy) is 3. The summed E-state index contributed by atoms with van der Waals surface area (Å²) < 4.78 is 16.8.